The number of carboxylic acid groups (broad SMARTS) is 1. The molecule has 0 aliphatic heterocycles. The molecule has 2 rings (SSSR count). The summed E-state index contributed by atoms with van der Waals surface area (Å²) < 4.78 is 13.7. The number of hydrogen-bond acceptors (Lipinski definition) is 2. The summed E-state index contributed by atoms with van der Waals surface area (Å²) in [5.74, 6) is -1.63. The van der Waals surface area contributed by atoms with Gasteiger partial charge < -0.3 is 10.0 Å². The minimum atomic E-state index is -0.900. The van der Waals surface area contributed by atoms with Crippen molar-refractivity contribution in [2.45, 2.75) is 26.3 Å². The monoisotopic (exact) mass is 329 g/mol. The van der Waals surface area contributed by atoms with E-state index in [9.17, 15) is 14.0 Å². The van der Waals surface area contributed by atoms with Gasteiger partial charge in [-0.25, -0.2) is 4.39 Å². The second kappa shape index (κ2) is 8.24. The van der Waals surface area contributed by atoms with Gasteiger partial charge >= 0.3 is 5.97 Å². The summed E-state index contributed by atoms with van der Waals surface area (Å²) in [5.41, 5.74) is 1.69. The standard InChI is InChI=1S/C19H20FNO3/c1-14-9-10-16(12-17(14)20)19(24)21(11-5-8-18(22)23)13-15-6-3-2-4-7-15/h2-4,6-7,9-10,12H,5,8,11,13H2,1H3,(H,22,23). The maximum Gasteiger partial charge on any atom is 0.303 e. The van der Waals surface area contributed by atoms with Crippen LogP contribution in [0.2, 0.25) is 0 Å². The summed E-state index contributed by atoms with van der Waals surface area (Å²) in [4.78, 5) is 25.0. The molecule has 0 fully saturated rings. The molecule has 0 unspecified atom stereocenters. The third-order valence-corrected chi connectivity index (χ3v) is 3.74. The van der Waals surface area contributed by atoms with Crippen molar-refractivity contribution in [1.82, 2.24) is 4.90 Å². The van der Waals surface area contributed by atoms with E-state index in [4.69, 9.17) is 5.11 Å². The van der Waals surface area contributed by atoms with Crippen LogP contribution in [0.15, 0.2) is 48.5 Å². The third kappa shape index (κ3) is 4.91. The fourth-order valence-corrected chi connectivity index (χ4v) is 2.39. The Hall–Kier alpha value is -2.69. The van der Waals surface area contributed by atoms with Gasteiger partial charge in [0, 0.05) is 25.1 Å². The van der Waals surface area contributed by atoms with Crippen molar-refractivity contribution in [2.24, 2.45) is 0 Å². The highest BCUT2D eigenvalue weighted by molar-refractivity contribution is 5.94. The van der Waals surface area contributed by atoms with Crippen LogP contribution in [0.3, 0.4) is 0 Å². The van der Waals surface area contributed by atoms with Crippen molar-refractivity contribution < 1.29 is 19.1 Å². The predicted octanol–water partition coefficient (Wildman–Crippen LogP) is 3.64. The number of amides is 1. The number of hydrogen-bond donors (Lipinski definition) is 1. The van der Waals surface area contributed by atoms with Gasteiger partial charge in [0.2, 0.25) is 0 Å². The summed E-state index contributed by atoms with van der Waals surface area (Å²) in [6, 6.07) is 13.8. The number of aliphatic carboxylic acids is 1. The molecular weight excluding hydrogens is 309 g/mol. The molecule has 24 heavy (non-hydrogen) atoms. The lowest BCUT2D eigenvalue weighted by molar-refractivity contribution is -0.137. The Morgan fingerprint density at radius 1 is 1.12 bits per heavy atom. The van der Waals surface area contributed by atoms with E-state index in [2.05, 4.69) is 0 Å². The van der Waals surface area contributed by atoms with Gasteiger partial charge in [-0.2, -0.15) is 0 Å². The zero-order valence-electron chi connectivity index (χ0n) is 13.5. The lowest BCUT2D eigenvalue weighted by Gasteiger charge is -2.23. The fraction of sp³-hybridized carbons (Fsp3) is 0.263. The first-order valence-electron chi connectivity index (χ1n) is 7.78. The number of halogens is 1. The predicted molar refractivity (Wildman–Crippen MR) is 89.2 cm³/mol. The van der Waals surface area contributed by atoms with E-state index in [1.165, 1.54) is 6.07 Å². The Labute approximate surface area is 140 Å². The van der Waals surface area contributed by atoms with Crippen molar-refractivity contribution in [3.05, 3.63) is 71.0 Å². The first-order valence-corrected chi connectivity index (χ1v) is 7.78. The summed E-state index contributed by atoms with van der Waals surface area (Å²) in [6.45, 7) is 2.29. The van der Waals surface area contributed by atoms with Crippen LogP contribution in [0.1, 0.15) is 34.3 Å². The highest BCUT2D eigenvalue weighted by Gasteiger charge is 2.17. The molecule has 0 heterocycles. The molecule has 126 valence electrons. The van der Waals surface area contributed by atoms with Crippen LogP contribution in [-0.4, -0.2) is 28.4 Å². The number of carboxylic acids is 1. The summed E-state index contributed by atoms with van der Waals surface area (Å²) in [5, 5.41) is 8.79. The smallest absolute Gasteiger partial charge is 0.303 e. The second-order valence-electron chi connectivity index (χ2n) is 5.67. The van der Waals surface area contributed by atoms with Crippen LogP contribution in [0, 0.1) is 12.7 Å². The van der Waals surface area contributed by atoms with Gasteiger partial charge in [-0.1, -0.05) is 36.4 Å². The zero-order chi connectivity index (χ0) is 17.5. The van der Waals surface area contributed by atoms with Crippen LogP contribution < -0.4 is 0 Å². The number of nitrogens with zero attached hydrogens (tertiary/aromatic N) is 1. The second-order valence-corrected chi connectivity index (χ2v) is 5.67. The number of aryl methyl sites for hydroxylation is 1. The molecule has 0 aromatic heterocycles. The highest BCUT2D eigenvalue weighted by Crippen LogP contribution is 2.14. The SMILES string of the molecule is Cc1ccc(C(=O)N(CCCC(=O)O)Cc2ccccc2)cc1F. The van der Waals surface area contributed by atoms with Crippen molar-refractivity contribution >= 4 is 11.9 Å². The van der Waals surface area contributed by atoms with Gasteiger partial charge in [0.15, 0.2) is 0 Å². The van der Waals surface area contributed by atoms with Crippen LogP contribution in [0.25, 0.3) is 0 Å². The van der Waals surface area contributed by atoms with Crippen LogP contribution in [-0.2, 0) is 11.3 Å². The normalized spacial score (nSPS) is 10.4. The van der Waals surface area contributed by atoms with Crippen LogP contribution >= 0.6 is 0 Å². The number of carbonyl (C=O) groups is 2. The molecule has 1 N–H and O–H groups in total. The van der Waals surface area contributed by atoms with Gasteiger partial charge in [-0.3, -0.25) is 9.59 Å². The first kappa shape index (κ1) is 17.7. The first-order chi connectivity index (χ1) is 11.5. The van der Waals surface area contributed by atoms with Crippen molar-refractivity contribution in [1.29, 1.82) is 0 Å². The van der Waals surface area contributed by atoms with E-state index < -0.39 is 11.8 Å². The number of rotatable bonds is 7. The molecule has 0 aliphatic rings. The topological polar surface area (TPSA) is 57.6 Å². The van der Waals surface area contributed by atoms with Crippen LogP contribution in [0.4, 0.5) is 4.39 Å². The Morgan fingerprint density at radius 3 is 2.46 bits per heavy atom. The third-order valence-electron chi connectivity index (χ3n) is 3.74. The molecule has 0 atom stereocenters. The molecule has 5 heteroatoms. The molecule has 0 radical (unpaired) electrons. The maximum atomic E-state index is 13.7. The van der Waals surface area contributed by atoms with E-state index >= 15 is 0 Å². The van der Waals surface area contributed by atoms with E-state index in [0.29, 0.717) is 25.1 Å². The van der Waals surface area contributed by atoms with Crippen molar-refractivity contribution in [2.75, 3.05) is 6.54 Å². The summed E-state index contributed by atoms with van der Waals surface area (Å²) in [7, 11) is 0. The Morgan fingerprint density at radius 2 is 1.83 bits per heavy atom. The molecule has 2 aromatic rings. The van der Waals surface area contributed by atoms with E-state index in [-0.39, 0.29) is 17.9 Å². The van der Waals surface area contributed by atoms with Gasteiger partial charge in [0.1, 0.15) is 5.82 Å². The summed E-state index contributed by atoms with van der Waals surface area (Å²) >= 11 is 0. The van der Waals surface area contributed by atoms with Gasteiger partial charge in [0.05, 0.1) is 0 Å². The average molecular weight is 329 g/mol. The quantitative estimate of drug-likeness (QED) is 0.844. The van der Waals surface area contributed by atoms with Gasteiger partial charge in [-0.05, 0) is 36.6 Å². The molecular formula is C19H20FNO3. The molecule has 0 bridgehead atoms. The van der Waals surface area contributed by atoms with Crippen molar-refractivity contribution in [3.63, 3.8) is 0 Å². The van der Waals surface area contributed by atoms with Gasteiger partial charge in [-0.15, -0.1) is 0 Å². The van der Waals surface area contributed by atoms with Gasteiger partial charge in [0.25, 0.3) is 5.91 Å². The largest absolute Gasteiger partial charge is 0.481 e. The number of benzene rings is 2. The van der Waals surface area contributed by atoms with E-state index in [1.54, 1.807) is 24.0 Å². The lowest BCUT2D eigenvalue weighted by atomic mass is 10.1. The Kier molecular flexibility index (Phi) is 6.07. The average Bonchev–Trinajstić information content (AvgIpc) is 2.56. The Balaban J connectivity index is 2.17. The zero-order valence-corrected chi connectivity index (χ0v) is 13.5. The molecule has 2 aromatic carbocycles. The number of carbonyl (C=O) groups excluding carboxylic acids is 1. The molecule has 0 aliphatic carbocycles. The highest BCUT2D eigenvalue weighted by atomic mass is 19.1. The molecule has 4 nitrogen and oxygen atoms in total. The maximum absolute atomic E-state index is 13.7. The summed E-state index contributed by atoms with van der Waals surface area (Å²) in [6.07, 6.45) is 0.336. The van der Waals surface area contributed by atoms with E-state index in [1.807, 2.05) is 30.3 Å². The molecule has 0 saturated carbocycles. The fourth-order valence-electron chi connectivity index (χ4n) is 2.39. The molecule has 0 spiro atoms. The van der Waals surface area contributed by atoms with Crippen molar-refractivity contribution in [3.8, 4) is 0 Å². The van der Waals surface area contributed by atoms with Crippen LogP contribution in [0.5, 0.6) is 0 Å². The minimum Gasteiger partial charge on any atom is -0.481 e. The minimum absolute atomic E-state index is 0.0131. The Bertz CT molecular complexity index is 716. The molecule has 1 amide bonds. The lowest BCUT2D eigenvalue weighted by Crippen LogP contribution is -2.32. The molecule has 0 saturated heterocycles. The van der Waals surface area contributed by atoms with E-state index in [0.717, 1.165) is 5.56 Å².